The van der Waals surface area contributed by atoms with Crippen molar-refractivity contribution in [1.82, 2.24) is 35.1 Å². The lowest BCUT2D eigenvalue weighted by Gasteiger charge is -2.48. The predicted octanol–water partition coefficient (Wildman–Crippen LogP) is 4.33. The molecule has 4 heterocycles. The van der Waals surface area contributed by atoms with E-state index in [1.54, 1.807) is 16.8 Å². The maximum Gasteiger partial charge on any atom is 0.314 e. The number of aromatic nitrogens is 6. The van der Waals surface area contributed by atoms with Gasteiger partial charge in [-0.3, -0.25) is 9.88 Å². The highest BCUT2D eigenvalue weighted by Gasteiger charge is 2.35. The van der Waals surface area contributed by atoms with Crippen molar-refractivity contribution in [1.29, 1.82) is 0 Å². The molecule has 0 amide bonds. The van der Waals surface area contributed by atoms with Crippen LogP contribution >= 0.6 is 0 Å². The van der Waals surface area contributed by atoms with Crippen LogP contribution in [-0.4, -0.2) is 54.2 Å². The smallest absolute Gasteiger partial charge is 0.314 e. The topological polar surface area (TPSA) is 85.8 Å². The van der Waals surface area contributed by atoms with E-state index in [4.69, 9.17) is 4.42 Å². The maximum absolute atomic E-state index is 12.6. The molecule has 2 aliphatic rings. The predicted molar refractivity (Wildman–Crippen MR) is 119 cm³/mol. The fraction of sp³-hybridized carbons (Fsp3) is 0.375. The van der Waals surface area contributed by atoms with Gasteiger partial charge in [-0.15, -0.1) is 15.3 Å². The Balaban J connectivity index is 1.11. The standard InChI is InChI=1S/C24H23F2N7O/c25-22(26)24-30-29-23(34-24)17-7-8-19(27-10-17)13-33-14-21(28-31-33)16-4-1-3-15(9-16)18-11-32(12-18)20-5-2-6-20/h1,3-4,7-10,14,18,20,22H,2,5-6,11-13H2. The summed E-state index contributed by atoms with van der Waals surface area (Å²) in [6, 6.07) is 12.9. The molecule has 0 radical (unpaired) electrons. The normalized spacial score (nSPS) is 17.1. The number of benzene rings is 1. The molecule has 0 atom stereocenters. The van der Waals surface area contributed by atoms with Crippen LogP contribution in [-0.2, 0) is 6.54 Å². The molecule has 1 aliphatic carbocycles. The Morgan fingerprint density at radius 1 is 1.03 bits per heavy atom. The average Bonchev–Trinajstić information content (AvgIpc) is 3.45. The van der Waals surface area contributed by atoms with Gasteiger partial charge in [0.1, 0.15) is 5.69 Å². The molecule has 4 aromatic rings. The lowest BCUT2D eigenvalue weighted by atomic mass is 9.83. The highest BCUT2D eigenvalue weighted by atomic mass is 19.3. The first-order valence-corrected chi connectivity index (χ1v) is 11.4. The van der Waals surface area contributed by atoms with E-state index in [-0.39, 0.29) is 5.89 Å². The first kappa shape index (κ1) is 21.0. The minimum Gasteiger partial charge on any atom is -0.415 e. The summed E-state index contributed by atoms with van der Waals surface area (Å²) < 4.78 is 32.0. The first-order chi connectivity index (χ1) is 16.6. The maximum atomic E-state index is 12.6. The van der Waals surface area contributed by atoms with Gasteiger partial charge in [-0.1, -0.05) is 29.8 Å². The zero-order valence-electron chi connectivity index (χ0n) is 18.4. The molecule has 0 unspecified atom stereocenters. The van der Waals surface area contributed by atoms with Crippen molar-refractivity contribution in [3.8, 4) is 22.7 Å². The highest BCUT2D eigenvalue weighted by molar-refractivity contribution is 5.59. The summed E-state index contributed by atoms with van der Waals surface area (Å²) in [6.45, 7) is 2.73. The minimum absolute atomic E-state index is 0.0135. The lowest BCUT2D eigenvalue weighted by molar-refractivity contribution is 0.0476. The molecule has 10 heteroatoms. The molecule has 174 valence electrons. The molecule has 1 aliphatic heterocycles. The summed E-state index contributed by atoms with van der Waals surface area (Å²) in [5.41, 5.74) is 4.45. The number of halogens is 2. The Hall–Kier alpha value is -3.53. The summed E-state index contributed by atoms with van der Waals surface area (Å²) >= 11 is 0. The fourth-order valence-electron chi connectivity index (χ4n) is 4.48. The Morgan fingerprint density at radius 2 is 1.91 bits per heavy atom. The highest BCUT2D eigenvalue weighted by Crippen LogP contribution is 2.36. The SMILES string of the molecule is FC(F)c1nnc(-c2ccc(Cn3cc(-c4cccc(C5CN(C6CCC6)C5)c4)nn3)nc2)o1. The Labute approximate surface area is 194 Å². The van der Waals surface area contributed by atoms with E-state index in [0.717, 1.165) is 36.1 Å². The molecule has 8 nitrogen and oxygen atoms in total. The van der Waals surface area contributed by atoms with Crippen molar-refractivity contribution in [3.63, 3.8) is 0 Å². The summed E-state index contributed by atoms with van der Waals surface area (Å²) in [5, 5.41) is 15.6. The molecular formula is C24H23F2N7O. The van der Waals surface area contributed by atoms with Crippen molar-refractivity contribution >= 4 is 0 Å². The van der Waals surface area contributed by atoms with Gasteiger partial charge in [0.05, 0.1) is 24.0 Å². The van der Waals surface area contributed by atoms with E-state index in [0.29, 0.717) is 18.0 Å². The van der Waals surface area contributed by atoms with Crippen LogP contribution in [0.15, 0.2) is 53.2 Å². The molecule has 1 saturated carbocycles. The molecule has 0 spiro atoms. The van der Waals surface area contributed by atoms with Gasteiger partial charge in [0.2, 0.25) is 5.89 Å². The van der Waals surface area contributed by atoms with Crippen LogP contribution in [0.4, 0.5) is 8.78 Å². The molecular weight excluding hydrogens is 440 g/mol. The largest absolute Gasteiger partial charge is 0.415 e. The van der Waals surface area contributed by atoms with Crippen molar-refractivity contribution in [2.75, 3.05) is 13.1 Å². The zero-order valence-corrected chi connectivity index (χ0v) is 18.4. The number of alkyl halides is 2. The second-order valence-electron chi connectivity index (χ2n) is 8.95. The lowest BCUT2D eigenvalue weighted by Crippen LogP contribution is -2.53. The number of hydrogen-bond donors (Lipinski definition) is 0. The molecule has 3 aromatic heterocycles. The van der Waals surface area contributed by atoms with Crippen LogP contribution in [0.2, 0.25) is 0 Å². The van der Waals surface area contributed by atoms with Gasteiger partial charge >= 0.3 is 6.43 Å². The van der Waals surface area contributed by atoms with E-state index in [2.05, 4.69) is 54.7 Å². The minimum atomic E-state index is -2.80. The number of likely N-dealkylation sites (tertiary alicyclic amines) is 1. The number of hydrogen-bond acceptors (Lipinski definition) is 7. The number of rotatable bonds is 7. The summed E-state index contributed by atoms with van der Waals surface area (Å²) in [5.74, 6) is -0.0974. The molecule has 1 aromatic carbocycles. The van der Waals surface area contributed by atoms with Crippen LogP contribution in [0.25, 0.3) is 22.7 Å². The van der Waals surface area contributed by atoms with Crippen LogP contribution in [0.3, 0.4) is 0 Å². The van der Waals surface area contributed by atoms with E-state index in [1.807, 2.05) is 6.20 Å². The van der Waals surface area contributed by atoms with Crippen LogP contribution in [0.1, 0.15) is 48.8 Å². The molecule has 2 fully saturated rings. The number of pyridine rings is 1. The van der Waals surface area contributed by atoms with Crippen molar-refractivity contribution in [2.24, 2.45) is 0 Å². The van der Waals surface area contributed by atoms with Gasteiger partial charge in [0.15, 0.2) is 0 Å². The Kier molecular flexibility index (Phi) is 5.37. The molecule has 0 bridgehead atoms. The Bertz CT molecular complexity index is 1280. The zero-order chi connectivity index (χ0) is 23.1. The molecule has 1 saturated heterocycles. The van der Waals surface area contributed by atoms with Gasteiger partial charge < -0.3 is 4.42 Å². The summed E-state index contributed by atoms with van der Waals surface area (Å²) in [4.78, 5) is 6.97. The van der Waals surface area contributed by atoms with Crippen LogP contribution < -0.4 is 0 Å². The number of nitrogens with zero attached hydrogens (tertiary/aromatic N) is 7. The van der Waals surface area contributed by atoms with Gasteiger partial charge in [-0.2, -0.15) is 8.78 Å². The monoisotopic (exact) mass is 463 g/mol. The van der Waals surface area contributed by atoms with Crippen LogP contribution in [0.5, 0.6) is 0 Å². The van der Waals surface area contributed by atoms with E-state index >= 15 is 0 Å². The van der Waals surface area contributed by atoms with Crippen molar-refractivity contribution in [2.45, 2.75) is 44.2 Å². The van der Waals surface area contributed by atoms with Crippen molar-refractivity contribution < 1.29 is 13.2 Å². The van der Waals surface area contributed by atoms with Gasteiger partial charge in [0.25, 0.3) is 5.89 Å². The van der Waals surface area contributed by atoms with Crippen molar-refractivity contribution in [3.05, 3.63) is 65.9 Å². The second-order valence-corrected chi connectivity index (χ2v) is 8.95. The van der Waals surface area contributed by atoms with Gasteiger partial charge in [0, 0.05) is 36.8 Å². The third kappa shape index (κ3) is 4.09. The third-order valence-electron chi connectivity index (χ3n) is 6.72. The van der Waals surface area contributed by atoms with E-state index in [1.165, 1.54) is 31.0 Å². The Morgan fingerprint density at radius 3 is 2.62 bits per heavy atom. The molecule has 34 heavy (non-hydrogen) atoms. The quantitative estimate of drug-likeness (QED) is 0.403. The van der Waals surface area contributed by atoms with Gasteiger partial charge in [-0.25, -0.2) is 4.68 Å². The average molecular weight is 463 g/mol. The van der Waals surface area contributed by atoms with E-state index in [9.17, 15) is 8.78 Å². The third-order valence-corrected chi connectivity index (χ3v) is 6.72. The summed E-state index contributed by atoms with van der Waals surface area (Å²) in [7, 11) is 0. The fourth-order valence-corrected chi connectivity index (χ4v) is 4.48. The first-order valence-electron chi connectivity index (χ1n) is 11.4. The van der Waals surface area contributed by atoms with E-state index < -0.39 is 12.3 Å². The van der Waals surface area contributed by atoms with Crippen LogP contribution in [0, 0.1) is 0 Å². The van der Waals surface area contributed by atoms with Gasteiger partial charge in [-0.05, 0) is 36.6 Å². The summed E-state index contributed by atoms with van der Waals surface area (Å²) in [6.07, 6.45) is 4.70. The second kappa shape index (κ2) is 8.68. The molecule has 6 rings (SSSR count). The molecule has 0 N–H and O–H groups in total.